The van der Waals surface area contributed by atoms with Gasteiger partial charge in [0.2, 0.25) is 0 Å². The number of anilines is 1. The van der Waals surface area contributed by atoms with Crippen molar-refractivity contribution in [3.8, 4) is 0 Å². The van der Waals surface area contributed by atoms with Crippen LogP contribution in [0.5, 0.6) is 0 Å². The summed E-state index contributed by atoms with van der Waals surface area (Å²) >= 11 is 0. The minimum absolute atomic E-state index is 0.215. The number of halogens is 1. The van der Waals surface area contributed by atoms with E-state index in [1.807, 2.05) is 49.3 Å². The van der Waals surface area contributed by atoms with Crippen molar-refractivity contribution >= 4 is 22.6 Å². The third-order valence-electron chi connectivity index (χ3n) is 5.13. The maximum Gasteiger partial charge on any atom is 0.290 e. The van der Waals surface area contributed by atoms with E-state index in [1.165, 1.54) is 12.1 Å². The Bertz CT molecular complexity index is 1160. The van der Waals surface area contributed by atoms with E-state index in [2.05, 4.69) is 0 Å². The fourth-order valence-corrected chi connectivity index (χ4v) is 3.45. The van der Waals surface area contributed by atoms with Crippen LogP contribution in [0.15, 0.2) is 69.7 Å². The van der Waals surface area contributed by atoms with Crippen LogP contribution >= 0.6 is 0 Å². The number of fused-ring (bicyclic) bond motifs is 1. The molecule has 30 heavy (non-hydrogen) atoms. The van der Waals surface area contributed by atoms with Gasteiger partial charge in [-0.3, -0.25) is 4.79 Å². The summed E-state index contributed by atoms with van der Waals surface area (Å²) in [7, 11) is 3.96. The molecule has 0 saturated heterocycles. The number of nitrogens with zero attached hydrogens (tertiary/aromatic N) is 2. The molecule has 0 saturated carbocycles. The predicted molar refractivity (Wildman–Crippen MR) is 114 cm³/mol. The third kappa shape index (κ3) is 3.94. The van der Waals surface area contributed by atoms with Gasteiger partial charge in [0, 0.05) is 37.3 Å². The number of carbonyl (C=O) groups excluding carboxylic acids is 1. The molecule has 5 nitrogen and oxygen atoms in total. The van der Waals surface area contributed by atoms with E-state index >= 15 is 0 Å². The van der Waals surface area contributed by atoms with Gasteiger partial charge < -0.3 is 18.6 Å². The van der Waals surface area contributed by atoms with Gasteiger partial charge >= 0.3 is 0 Å². The molecule has 6 heteroatoms. The van der Waals surface area contributed by atoms with Crippen molar-refractivity contribution in [3.05, 3.63) is 89.3 Å². The second kappa shape index (κ2) is 8.06. The zero-order valence-electron chi connectivity index (χ0n) is 17.2. The molecule has 0 unspecified atom stereocenters. The van der Waals surface area contributed by atoms with Gasteiger partial charge in [0.05, 0.1) is 12.8 Å². The summed E-state index contributed by atoms with van der Waals surface area (Å²) in [6.45, 7) is 2.46. The van der Waals surface area contributed by atoms with Crippen molar-refractivity contribution in [2.45, 2.75) is 20.0 Å². The highest BCUT2D eigenvalue weighted by Crippen LogP contribution is 2.28. The molecule has 4 rings (SSSR count). The molecular weight excluding hydrogens is 383 g/mol. The van der Waals surface area contributed by atoms with E-state index in [-0.39, 0.29) is 17.5 Å². The Morgan fingerprint density at radius 2 is 1.80 bits per heavy atom. The van der Waals surface area contributed by atoms with Gasteiger partial charge in [0.25, 0.3) is 5.91 Å². The molecule has 0 fully saturated rings. The van der Waals surface area contributed by atoms with Crippen molar-refractivity contribution < 1.29 is 18.0 Å². The van der Waals surface area contributed by atoms with E-state index in [1.54, 1.807) is 30.2 Å². The van der Waals surface area contributed by atoms with Crippen LogP contribution in [0.4, 0.5) is 10.1 Å². The Morgan fingerprint density at radius 1 is 1.03 bits per heavy atom. The lowest BCUT2D eigenvalue weighted by molar-refractivity contribution is 0.0686. The average Bonchev–Trinajstić information content (AvgIpc) is 3.35. The van der Waals surface area contributed by atoms with Crippen LogP contribution in [-0.4, -0.2) is 24.9 Å². The minimum Gasteiger partial charge on any atom is -0.467 e. The number of hydrogen-bond donors (Lipinski definition) is 0. The van der Waals surface area contributed by atoms with E-state index < -0.39 is 0 Å². The quantitative estimate of drug-likeness (QED) is 0.431. The maximum atomic E-state index is 13.7. The number of aryl methyl sites for hydroxylation is 1. The molecule has 1 amide bonds. The highest BCUT2D eigenvalue weighted by Gasteiger charge is 2.24. The molecule has 0 N–H and O–H groups in total. The van der Waals surface area contributed by atoms with Crippen LogP contribution in [0.3, 0.4) is 0 Å². The van der Waals surface area contributed by atoms with Crippen LogP contribution in [-0.2, 0) is 13.1 Å². The van der Waals surface area contributed by atoms with E-state index in [9.17, 15) is 9.18 Å². The molecule has 2 aromatic heterocycles. The smallest absolute Gasteiger partial charge is 0.290 e. The van der Waals surface area contributed by atoms with Crippen molar-refractivity contribution in [2.75, 3.05) is 19.0 Å². The molecule has 154 valence electrons. The molecule has 0 bridgehead atoms. The van der Waals surface area contributed by atoms with E-state index in [0.717, 1.165) is 11.3 Å². The van der Waals surface area contributed by atoms with E-state index in [4.69, 9.17) is 8.83 Å². The molecule has 2 aromatic carbocycles. The lowest BCUT2D eigenvalue weighted by Gasteiger charge is -2.22. The average molecular weight is 406 g/mol. The number of amides is 1. The molecule has 0 aliphatic rings. The lowest BCUT2D eigenvalue weighted by atomic mass is 10.1. The normalized spacial score (nSPS) is 11.1. The summed E-state index contributed by atoms with van der Waals surface area (Å²) in [5.41, 5.74) is 3.19. The van der Waals surface area contributed by atoms with Crippen LogP contribution < -0.4 is 4.90 Å². The SMILES string of the molecule is Cc1c(C(=O)N(Cc2ccc(N(C)C)cc2)Cc2ccco2)oc2ccc(F)cc12. The fraction of sp³-hybridized carbons (Fsp3) is 0.208. The van der Waals surface area contributed by atoms with Crippen LogP contribution in [0, 0.1) is 12.7 Å². The van der Waals surface area contributed by atoms with E-state index in [0.29, 0.717) is 35.4 Å². The Kier molecular flexibility index (Phi) is 5.31. The fourth-order valence-electron chi connectivity index (χ4n) is 3.45. The minimum atomic E-state index is -0.362. The number of furan rings is 2. The molecule has 0 aliphatic carbocycles. The largest absolute Gasteiger partial charge is 0.467 e. The van der Waals surface area contributed by atoms with Crippen molar-refractivity contribution in [2.24, 2.45) is 0 Å². The van der Waals surface area contributed by atoms with Crippen molar-refractivity contribution in [1.82, 2.24) is 4.90 Å². The number of benzene rings is 2. The molecule has 0 aliphatic heterocycles. The Labute approximate surface area is 174 Å². The summed E-state index contributed by atoms with van der Waals surface area (Å²) in [4.78, 5) is 17.1. The summed E-state index contributed by atoms with van der Waals surface area (Å²) < 4.78 is 24.9. The number of hydrogen-bond acceptors (Lipinski definition) is 4. The Hall–Kier alpha value is -3.54. The summed E-state index contributed by atoms with van der Waals surface area (Å²) in [6, 6.07) is 15.9. The second-order valence-corrected chi connectivity index (χ2v) is 7.50. The van der Waals surface area contributed by atoms with Gasteiger partial charge in [-0.15, -0.1) is 0 Å². The Morgan fingerprint density at radius 3 is 2.47 bits per heavy atom. The second-order valence-electron chi connectivity index (χ2n) is 7.50. The summed E-state index contributed by atoms with van der Waals surface area (Å²) in [5, 5.41) is 0.603. The first-order valence-electron chi connectivity index (χ1n) is 9.69. The lowest BCUT2D eigenvalue weighted by Crippen LogP contribution is -2.30. The van der Waals surface area contributed by atoms with Crippen molar-refractivity contribution in [3.63, 3.8) is 0 Å². The highest BCUT2D eigenvalue weighted by molar-refractivity contribution is 5.98. The van der Waals surface area contributed by atoms with Gasteiger partial charge in [-0.05, 0) is 55.0 Å². The maximum absolute atomic E-state index is 13.7. The topological polar surface area (TPSA) is 49.8 Å². The third-order valence-corrected chi connectivity index (χ3v) is 5.13. The zero-order valence-corrected chi connectivity index (χ0v) is 17.2. The van der Waals surface area contributed by atoms with Gasteiger partial charge in [0.1, 0.15) is 17.2 Å². The molecule has 0 spiro atoms. The standard InChI is InChI=1S/C24H23FN2O3/c1-16-21-13-18(25)8-11-22(21)30-23(16)24(28)27(15-20-5-4-12-29-20)14-17-6-9-19(10-7-17)26(2)3/h4-13H,14-15H2,1-3H3. The van der Waals surface area contributed by atoms with Crippen molar-refractivity contribution in [1.29, 1.82) is 0 Å². The first-order chi connectivity index (χ1) is 14.4. The zero-order chi connectivity index (χ0) is 21.3. The van der Waals surface area contributed by atoms with Crippen LogP contribution in [0.2, 0.25) is 0 Å². The van der Waals surface area contributed by atoms with Crippen LogP contribution in [0.25, 0.3) is 11.0 Å². The monoisotopic (exact) mass is 406 g/mol. The summed E-state index contributed by atoms with van der Waals surface area (Å²) in [5.74, 6) is 0.260. The molecule has 4 aromatic rings. The van der Waals surface area contributed by atoms with Gasteiger partial charge in [-0.2, -0.15) is 0 Å². The molecular formula is C24H23FN2O3. The Balaban J connectivity index is 1.66. The summed E-state index contributed by atoms with van der Waals surface area (Å²) in [6.07, 6.45) is 1.58. The van der Waals surface area contributed by atoms with Crippen LogP contribution in [0.1, 0.15) is 27.4 Å². The van der Waals surface area contributed by atoms with Gasteiger partial charge in [-0.25, -0.2) is 4.39 Å². The first kappa shape index (κ1) is 19.8. The van der Waals surface area contributed by atoms with Gasteiger partial charge in [-0.1, -0.05) is 12.1 Å². The molecule has 0 radical (unpaired) electrons. The molecule has 2 heterocycles. The highest BCUT2D eigenvalue weighted by atomic mass is 19.1. The predicted octanol–water partition coefficient (Wildman–Crippen LogP) is 5.38. The molecule has 0 atom stereocenters. The number of rotatable bonds is 6. The first-order valence-corrected chi connectivity index (χ1v) is 9.69. The number of carbonyl (C=O) groups is 1. The van der Waals surface area contributed by atoms with Gasteiger partial charge in [0.15, 0.2) is 5.76 Å².